The standard InChI is InChI=1S/C13H15N3OS/c1-10-4-2-5-11(8-10)15-16-13(18)14-9-12-6-3-7-17-12/h2-8,15H,9H2,1H3,(H2,14,16,18). The van der Waals surface area contributed by atoms with Crippen molar-refractivity contribution in [2.75, 3.05) is 5.43 Å². The molecule has 0 atom stereocenters. The van der Waals surface area contributed by atoms with E-state index in [2.05, 4.69) is 16.2 Å². The zero-order chi connectivity index (χ0) is 12.8. The number of benzene rings is 1. The normalized spacial score (nSPS) is 9.83. The summed E-state index contributed by atoms with van der Waals surface area (Å²) in [6.07, 6.45) is 1.64. The van der Waals surface area contributed by atoms with E-state index in [0.29, 0.717) is 11.7 Å². The van der Waals surface area contributed by atoms with Crippen molar-refractivity contribution in [3.05, 3.63) is 54.0 Å². The summed E-state index contributed by atoms with van der Waals surface area (Å²) in [5.41, 5.74) is 8.11. The minimum atomic E-state index is 0.521. The lowest BCUT2D eigenvalue weighted by Gasteiger charge is -2.12. The Hall–Kier alpha value is -2.01. The number of rotatable bonds is 4. The summed E-state index contributed by atoms with van der Waals surface area (Å²) in [5.74, 6) is 0.842. The molecule has 0 saturated heterocycles. The molecule has 0 unspecified atom stereocenters. The van der Waals surface area contributed by atoms with Crippen LogP contribution in [0.2, 0.25) is 0 Å². The minimum Gasteiger partial charge on any atom is -0.467 e. The molecule has 18 heavy (non-hydrogen) atoms. The number of hydrazine groups is 1. The second-order valence-electron chi connectivity index (χ2n) is 3.88. The van der Waals surface area contributed by atoms with E-state index in [9.17, 15) is 0 Å². The second-order valence-corrected chi connectivity index (χ2v) is 4.29. The van der Waals surface area contributed by atoms with Crippen LogP contribution >= 0.6 is 12.2 Å². The molecule has 1 aromatic heterocycles. The Morgan fingerprint density at radius 3 is 2.89 bits per heavy atom. The van der Waals surface area contributed by atoms with Gasteiger partial charge in [-0.15, -0.1) is 0 Å². The summed E-state index contributed by atoms with van der Waals surface area (Å²) in [4.78, 5) is 0. The van der Waals surface area contributed by atoms with Gasteiger partial charge in [0.1, 0.15) is 5.76 Å². The van der Waals surface area contributed by atoms with Gasteiger partial charge in [-0.1, -0.05) is 12.1 Å². The summed E-state index contributed by atoms with van der Waals surface area (Å²) in [7, 11) is 0. The van der Waals surface area contributed by atoms with E-state index in [1.54, 1.807) is 6.26 Å². The van der Waals surface area contributed by atoms with E-state index in [1.807, 2.05) is 43.3 Å². The zero-order valence-electron chi connectivity index (χ0n) is 10.1. The fourth-order valence-electron chi connectivity index (χ4n) is 1.48. The Morgan fingerprint density at radius 1 is 1.28 bits per heavy atom. The first-order chi connectivity index (χ1) is 8.74. The van der Waals surface area contributed by atoms with Gasteiger partial charge in [-0.2, -0.15) is 0 Å². The average Bonchev–Trinajstić information content (AvgIpc) is 2.87. The highest BCUT2D eigenvalue weighted by molar-refractivity contribution is 7.80. The maximum absolute atomic E-state index is 5.19. The molecule has 1 heterocycles. The number of nitrogens with one attached hydrogen (secondary N) is 3. The molecule has 0 aliphatic heterocycles. The van der Waals surface area contributed by atoms with Crippen molar-refractivity contribution in [3.63, 3.8) is 0 Å². The molecule has 0 saturated carbocycles. The topological polar surface area (TPSA) is 49.2 Å². The van der Waals surface area contributed by atoms with E-state index in [-0.39, 0.29) is 0 Å². The van der Waals surface area contributed by atoms with Crippen LogP contribution in [0.25, 0.3) is 0 Å². The van der Waals surface area contributed by atoms with Gasteiger partial charge in [0.15, 0.2) is 5.11 Å². The third kappa shape index (κ3) is 3.78. The number of hydrogen-bond acceptors (Lipinski definition) is 3. The van der Waals surface area contributed by atoms with Crippen molar-refractivity contribution in [2.24, 2.45) is 0 Å². The maximum Gasteiger partial charge on any atom is 0.185 e. The molecule has 0 fully saturated rings. The van der Waals surface area contributed by atoms with Crippen molar-refractivity contribution < 1.29 is 4.42 Å². The van der Waals surface area contributed by atoms with Gasteiger partial charge in [0, 0.05) is 0 Å². The smallest absolute Gasteiger partial charge is 0.185 e. The van der Waals surface area contributed by atoms with Crippen LogP contribution in [0.3, 0.4) is 0 Å². The zero-order valence-corrected chi connectivity index (χ0v) is 10.9. The first-order valence-corrected chi connectivity index (χ1v) is 6.04. The van der Waals surface area contributed by atoms with Gasteiger partial charge in [-0.3, -0.25) is 10.9 Å². The van der Waals surface area contributed by atoms with Crippen LogP contribution in [0.15, 0.2) is 47.1 Å². The largest absolute Gasteiger partial charge is 0.467 e. The fraction of sp³-hybridized carbons (Fsp3) is 0.154. The first-order valence-electron chi connectivity index (χ1n) is 5.63. The highest BCUT2D eigenvalue weighted by atomic mass is 32.1. The summed E-state index contributed by atoms with van der Waals surface area (Å²) in [6, 6.07) is 11.8. The SMILES string of the molecule is Cc1cccc(NNC(=S)NCc2ccco2)c1. The van der Waals surface area contributed by atoms with Crippen LogP contribution in [0.5, 0.6) is 0 Å². The Balaban J connectivity index is 1.75. The summed E-state index contributed by atoms with van der Waals surface area (Å²) >= 11 is 5.13. The summed E-state index contributed by atoms with van der Waals surface area (Å²) in [5, 5.41) is 3.56. The van der Waals surface area contributed by atoms with Crippen molar-refractivity contribution in [1.82, 2.24) is 10.7 Å². The molecule has 2 aromatic rings. The molecule has 1 aromatic carbocycles. The van der Waals surface area contributed by atoms with E-state index in [1.165, 1.54) is 5.56 Å². The van der Waals surface area contributed by atoms with Crippen LogP contribution in [0.1, 0.15) is 11.3 Å². The van der Waals surface area contributed by atoms with Crippen molar-refractivity contribution in [3.8, 4) is 0 Å². The molecule has 94 valence electrons. The molecular formula is C13H15N3OS. The quantitative estimate of drug-likeness (QED) is 0.583. The van der Waals surface area contributed by atoms with Gasteiger partial charge in [0.25, 0.3) is 0 Å². The van der Waals surface area contributed by atoms with Crippen LogP contribution in [-0.4, -0.2) is 5.11 Å². The van der Waals surface area contributed by atoms with Gasteiger partial charge in [0.05, 0.1) is 18.5 Å². The van der Waals surface area contributed by atoms with Crippen molar-refractivity contribution in [2.45, 2.75) is 13.5 Å². The number of anilines is 1. The molecular weight excluding hydrogens is 246 g/mol. The maximum atomic E-state index is 5.19. The van der Waals surface area contributed by atoms with Crippen LogP contribution < -0.4 is 16.2 Å². The Bertz CT molecular complexity index is 511. The first kappa shape index (κ1) is 12.4. The number of hydrogen-bond donors (Lipinski definition) is 3. The number of aryl methyl sites for hydroxylation is 1. The lowest BCUT2D eigenvalue weighted by atomic mass is 10.2. The summed E-state index contributed by atoms with van der Waals surface area (Å²) < 4.78 is 5.19. The molecule has 0 aliphatic rings. The monoisotopic (exact) mass is 261 g/mol. The highest BCUT2D eigenvalue weighted by Gasteiger charge is 1.98. The second kappa shape index (κ2) is 6.07. The molecule has 0 amide bonds. The van der Waals surface area contributed by atoms with Crippen LogP contribution in [0, 0.1) is 6.92 Å². The molecule has 0 aliphatic carbocycles. The molecule has 0 radical (unpaired) electrons. The third-order valence-electron chi connectivity index (χ3n) is 2.34. The predicted octanol–water partition coefficient (Wildman–Crippen LogP) is 2.58. The third-order valence-corrected chi connectivity index (χ3v) is 2.59. The van der Waals surface area contributed by atoms with Gasteiger partial charge in [0.2, 0.25) is 0 Å². The molecule has 2 rings (SSSR count). The van der Waals surface area contributed by atoms with Crippen LogP contribution in [-0.2, 0) is 6.54 Å². The van der Waals surface area contributed by atoms with Gasteiger partial charge < -0.3 is 9.73 Å². The van der Waals surface area contributed by atoms with Gasteiger partial charge >= 0.3 is 0 Å². The van der Waals surface area contributed by atoms with E-state index < -0.39 is 0 Å². The Labute approximate surface area is 111 Å². The highest BCUT2D eigenvalue weighted by Crippen LogP contribution is 2.07. The van der Waals surface area contributed by atoms with Crippen LogP contribution in [0.4, 0.5) is 5.69 Å². The van der Waals surface area contributed by atoms with Crippen molar-refractivity contribution >= 4 is 23.0 Å². The Kier molecular flexibility index (Phi) is 4.20. The van der Waals surface area contributed by atoms with Gasteiger partial charge in [-0.05, 0) is 49.0 Å². The average molecular weight is 261 g/mol. The van der Waals surface area contributed by atoms with E-state index >= 15 is 0 Å². The number of furan rings is 1. The predicted molar refractivity (Wildman–Crippen MR) is 76.1 cm³/mol. The Morgan fingerprint density at radius 2 is 2.17 bits per heavy atom. The van der Waals surface area contributed by atoms with Gasteiger partial charge in [-0.25, -0.2) is 0 Å². The molecule has 0 spiro atoms. The lowest BCUT2D eigenvalue weighted by Crippen LogP contribution is -2.38. The molecule has 0 bridgehead atoms. The molecule has 4 nitrogen and oxygen atoms in total. The lowest BCUT2D eigenvalue weighted by molar-refractivity contribution is 0.503. The van der Waals surface area contributed by atoms with Crippen molar-refractivity contribution in [1.29, 1.82) is 0 Å². The van der Waals surface area contributed by atoms with E-state index in [0.717, 1.165) is 11.4 Å². The van der Waals surface area contributed by atoms with E-state index in [4.69, 9.17) is 16.6 Å². The summed E-state index contributed by atoms with van der Waals surface area (Å²) in [6.45, 7) is 2.60. The number of thiocarbonyl (C=S) groups is 1. The molecule has 3 N–H and O–H groups in total. The fourth-order valence-corrected chi connectivity index (χ4v) is 1.60. The minimum absolute atomic E-state index is 0.521. The molecule has 5 heteroatoms.